The van der Waals surface area contributed by atoms with Gasteiger partial charge in [0.15, 0.2) is 11.6 Å². The zero-order valence-corrected chi connectivity index (χ0v) is 11.8. The van der Waals surface area contributed by atoms with Gasteiger partial charge in [0.1, 0.15) is 0 Å². The monoisotopic (exact) mass is 298 g/mol. The second kappa shape index (κ2) is 6.95. The van der Waals surface area contributed by atoms with Gasteiger partial charge in [0.25, 0.3) is 0 Å². The van der Waals surface area contributed by atoms with E-state index in [1.807, 2.05) is 0 Å². The first-order valence-corrected chi connectivity index (χ1v) is 7.09. The van der Waals surface area contributed by atoms with Crippen LogP contribution in [0.1, 0.15) is 30.9 Å². The number of benzene rings is 1. The van der Waals surface area contributed by atoms with Crippen molar-refractivity contribution in [3.05, 3.63) is 35.4 Å². The average molecular weight is 298 g/mol. The molecule has 0 aliphatic carbocycles. The van der Waals surface area contributed by atoms with Gasteiger partial charge in [-0.2, -0.15) is 0 Å². The van der Waals surface area contributed by atoms with Gasteiger partial charge in [0, 0.05) is 13.0 Å². The molecule has 1 heterocycles. The molecular weight excluding hydrogens is 278 g/mol. The van der Waals surface area contributed by atoms with Gasteiger partial charge >= 0.3 is 0 Å². The average Bonchev–Trinajstić information content (AvgIpc) is 2.43. The molecule has 0 aromatic heterocycles. The van der Waals surface area contributed by atoms with Crippen LogP contribution in [0.5, 0.6) is 0 Å². The number of halogens is 2. The molecule has 1 fully saturated rings. The lowest BCUT2D eigenvalue weighted by Crippen LogP contribution is -2.37. The van der Waals surface area contributed by atoms with Crippen LogP contribution in [-0.2, 0) is 4.79 Å². The second-order valence-corrected chi connectivity index (χ2v) is 5.60. The number of carbonyl (C=O) groups is 1. The molecule has 1 amide bonds. The van der Waals surface area contributed by atoms with E-state index in [4.69, 9.17) is 5.73 Å². The fraction of sp³-hybridized carbons (Fsp3) is 0.533. The number of hydrogen-bond acceptors (Lipinski definition) is 3. The molecule has 3 N–H and O–H groups in total. The van der Waals surface area contributed by atoms with Crippen LogP contribution in [0.4, 0.5) is 8.78 Å². The predicted molar refractivity (Wildman–Crippen MR) is 74.3 cm³/mol. The molecule has 1 aliphatic heterocycles. The van der Waals surface area contributed by atoms with Crippen LogP contribution in [0, 0.1) is 17.6 Å². The molecule has 0 saturated carbocycles. The Bertz CT molecular complexity index is 502. The molecule has 0 spiro atoms. The number of rotatable bonds is 5. The predicted octanol–water partition coefficient (Wildman–Crippen LogP) is 1.59. The SMILES string of the molecule is NC(=O)CC1CCN(CC(O)c2ccc(F)c(F)c2)CC1. The van der Waals surface area contributed by atoms with Crippen LogP contribution in [0.25, 0.3) is 0 Å². The van der Waals surface area contributed by atoms with E-state index in [2.05, 4.69) is 4.90 Å². The van der Waals surface area contributed by atoms with E-state index in [1.54, 1.807) is 0 Å². The van der Waals surface area contributed by atoms with Gasteiger partial charge in [-0.1, -0.05) is 6.07 Å². The zero-order valence-electron chi connectivity index (χ0n) is 11.8. The van der Waals surface area contributed by atoms with Gasteiger partial charge in [0.2, 0.25) is 5.91 Å². The summed E-state index contributed by atoms with van der Waals surface area (Å²) in [6.45, 7) is 1.89. The summed E-state index contributed by atoms with van der Waals surface area (Å²) in [6.07, 6.45) is 1.26. The molecule has 0 radical (unpaired) electrons. The van der Waals surface area contributed by atoms with Crippen molar-refractivity contribution in [3.8, 4) is 0 Å². The van der Waals surface area contributed by atoms with E-state index in [9.17, 15) is 18.7 Å². The smallest absolute Gasteiger partial charge is 0.217 e. The summed E-state index contributed by atoms with van der Waals surface area (Å²) in [5, 5.41) is 10.1. The summed E-state index contributed by atoms with van der Waals surface area (Å²) in [5.41, 5.74) is 5.55. The maximum Gasteiger partial charge on any atom is 0.217 e. The van der Waals surface area contributed by atoms with Crippen molar-refractivity contribution < 1.29 is 18.7 Å². The summed E-state index contributed by atoms with van der Waals surface area (Å²) >= 11 is 0. The molecular formula is C15H20F2N2O2. The van der Waals surface area contributed by atoms with Crippen LogP contribution < -0.4 is 5.73 Å². The number of primary amides is 1. The van der Waals surface area contributed by atoms with Crippen molar-refractivity contribution in [3.63, 3.8) is 0 Å². The maximum absolute atomic E-state index is 13.1. The summed E-state index contributed by atoms with van der Waals surface area (Å²) in [6, 6.07) is 3.44. The summed E-state index contributed by atoms with van der Waals surface area (Å²) in [7, 11) is 0. The van der Waals surface area contributed by atoms with E-state index in [-0.39, 0.29) is 5.91 Å². The third kappa shape index (κ3) is 4.47. The number of nitrogens with two attached hydrogens (primary N) is 1. The van der Waals surface area contributed by atoms with Crippen molar-refractivity contribution in [1.29, 1.82) is 0 Å². The zero-order chi connectivity index (χ0) is 15.4. The van der Waals surface area contributed by atoms with Gasteiger partial charge < -0.3 is 15.7 Å². The summed E-state index contributed by atoms with van der Waals surface area (Å²) < 4.78 is 26.0. The van der Waals surface area contributed by atoms with Crippen molar-refractivity contribution in [1.82, 2.24) is 4.90 Å². The third-order valence-corrected chi connectivity index (χ3v) is 3.96. The van der Waals surface area contributed by atoms with E-state index in [0.717, 1.165) is 38.1 Å². The standard InChI is InChI=1S/C15H20F2N2O2/c16-12-2-1-11(8-13(12)17)14(20)9-19-5-3-10(4-6-19)7-15(18)21/h1-2,8,10,14,20H,3-7,9H2,(H2,18,21). The number of aliphatic hydroxyl groups is 1. The first-order valence-electron chi connectivity index (χ1n) is 7.09. The number of hydrogen-bond donors (Lipinski definition) is 2. The first-order chi connectivity index (χ1) is 9.95. The first kappa shape index (κ1) is 15.9. The Morgan fingerprint density at radius 2 is 2.00 bits per heavy atom. The quantitative estimate of drug-likeness (QED) is 0.867. The number of aliphatic hydroxyl groups excluding tert-OH is 1. The largest absolute Gasteiger partial charge is 0.387 e. The minimum atomic E-state index is -0.952. The Morgan fingerprint density at radius 1 is 1.33 bits per heavy atom. The highest BCUT2D eigenvalue weighted by molar-refractivity contribution is 5.73. The molecule has 4 nitrogen and oxygen atoms in total. The van der Waals surface area contributed by atoms with E-state index < -0.39 is 17.7 Å². The topological polar surface area (TPSA) is 66.6 Å². The number of likely N-dealkylation sites (tertiary alicyclic amines) is 1. The maximum atomic E-state index is 13.1. The highest BCUT2D eigenvalue weighted by atomic mass is 19.2. The molecule has 1 saturated heterocycles. The van der Waals surface area contributed by atoms with Crippen molar-refractivity contribution in [2.45, 2.75) is 25.4 Å². The van der Waals surface area contributed by atoms with Gasteiger partial charge in [-0.15, -0.1) is 0 Å². The lowest BCUT2D eigenvalue weighted by Gasteiger charge is -2.32. The lowest BCUT2D eigenvalue weighted by atomic mass is 9.93. The Kier molecular flexibility index (Phi) is 5.25. The molecule has 116 valence electrons. The minimum absolute atomic E-state index is 0.282. The van der Waals surface area contributed by atoms with Crippen LogP contribution in [0.15, 0.2) is 18.2 Å². The summed E-state index contributed by atoms with van der Waals surface area (Å²) in [5.74, 6) is -1.85. The van der Waals surface area contributed by atoms with Gasteiger partial charge in [0.05, 0.1) is 6.10 Å². The molecule has 1 aromatic carbocycles. The summed E-state index contributed by atoms with van der Waals surface area (Å²) in [4.78, 5) is 12.9. The van der Waals surface area contributed by atoms with Crippen LogP contribution in [-0.4, -0.2) is 35.5 Å². The highest BCUT2D eigenvalue weighted by Gasteiger charge is 2.23. The van der Waals surface area contributed by atoms with Crippen LogP contribution in [0.3, 0.4) is 0 Å². The number of β-amino-alcohol motifs (C(OH)–C–C–N with tert-alkyl or cyclic N) is 1. The number of carbonyl (C=O) groups excluding carboxylic acids is 1. The molecule has 6 heteroatoms. The Labute approximate surface area is 122 Å². The Hall–Kier alpha value is -1.53. The Balaban J connectivity index is 1.85. The van der Waals surface area contributed by atoms with Crippen molar-refractivity contribution in [2.24, 2.45) is 11.7 Å². The molecule has 2 rings (SSSR count). The molecule has 1 aliphatic rings. The lowest BCUT2D eigenvalue weighted by molar-refractivity contribution is -0.119. The number of piperidine rings is 1. The van der Waals surface area contributed by atoms with Gasteiger partial charge in [-0.25, -0.2) is 8.78 Å². The Morgan fingerprint density at radius 3 is 2.57 bits per heavy atom. The minimum Gasteiger partial charge on any atom is -0.387 e. The van der Waals surface area contributed by atoms with Gasteiger partial charge in [-0.05, 0) is 49.5 Å². The third-order valence-electron chi connectivity index (χ3n) is 3.96. The van der Waals surface area contributed by atoms with Crippen molar-refractivity contribution in [2.75, 3.05) is 19.6 Å². The van der Waals surface area contributed by atoms with E-state index in [0.29, 0.717) is 24.4 Å². The highest BCUT2D eigenvalue weighted by Crippen LogP contribution is 2.23. The number of nitrogens with zero attached hydrogens (tertiary/aromatic N) is 1. The molecule has 1 atom stereocenters. The fourth-order valence-electron chi connectivity index (χ4n) is 2.73. The van der Waals surface area contributed by atoms with Crippen molar-refractivity contribution >= 4 is 5.91 Å². The second-order valence-electron chi connectivity index (χ2n) is 5.60. The van der Waals surface area contributed by atoms with Crippen LogP contribution >= 0.6 is 0 Å². The molecule has 21 heavy (non-hydrogen) atoms. The van der Waals surface area contributed by atoms with Gasteiger partial charge in [-0.3, -0.25) is 4.79 Å². The van der Waals surface area contributed by atoms with E-state index >= 15 is 0 Å². The molecule has 1 unspecified atom stereocenters. The molecule has 0 bridgehead atoms. The normalized spacial score (nSPS) is 18.6. The molecule has 1 aromatic rings. The number of amides is 1. The van der Waals surface area contributed by atoms with E-state index in [1.165, 1.54) is 6.07 Å². The fourth-order valence-corrected chi connectivity index (χ4v) is 2.73. The van der Waals surface area contributed by atoms with Crippen LogP contribution in [0.2, 0.25) is 0 Å².